The molecule has 0 spiro atoms. The van der Waals surface area contributed by atoms with Gasteiger partial charge in [0.15, 0.2) is 0 Å². The van der Waals surface area contributed by atoms with Crippen LogP contribution >= 0.6 is 30.6 Å². The second-order valence-corrected chi connectivity index (χ2v) is 19.6. The predicted molar refractivity (Wildman–Crippen MR) is 193 cm³/mol. The summed E-state index contributed by atoms with van der Waals surface area (Å²) in [6, 6.07) is 29.6. The van der Waals surface area contributed by atoms with Gasteiger partial charge in [0, 0.05) is 28.4 Å². The van der Waals surface area contributed by atoms with Crippen LogP contribution in [0.15, 0.2) is 115 Å². The van der Waals surface area contributed by atoms with Gasteiger partial charge in [-0.15, -0.1) is 18.1 Å². The highest BCUT2D eigenvalue weighted by Gasteiger charge is 2.45. The molecule has 5 rings (SSSR count). The van der Waals surface area contributed by atoms with Crippen molar-refractivity contribution in [2.24, 2.45) is 18.1 Å². The summed E-state index contributed by atoms with van der Waals surface area (Å²) in [7, 11) is -9.61. The molecule has 0 radical (unpaired) electrons. The maximum atomic E-state index is 6.55. The second-order valence-electron chi connectivity index (χ2n) is 10.7. The Hall–Kier alpha value is -3.16. The van der Waals surface area contributed by atoms with E-state index >= 15 is 0 Å². The minimum absolute atomic E-state index is 0.432. The molecule has 0 N–H and O–H groups in total. The molecule has 0 saturated heterocycles. The predicted octanol–water partition coefficient (Wildman–Crippen LogP) is 11.9. The fourth-order valence-corrected chi connectivity index (χ4v) is 16.0. The van der Waals surface area contributed by atoms with Crippen LogP contribution in [0.5, 0.6) is 23.0 Å². The van der Waals surface area contributed by atoms with Crippen LogP contribution in [-0.4, -0.2) is 28.4 Å². The van der Waals surface area contributed by atoms with E-state index in [1.54, 1.807) is 48.5 Å². The Morgan fingerprint density at radius 2 is 0.479 bits per heavy atom. The molecule has 0 unspecified atom stereocenters. The van der Waals surface area contributed by atoms with Crippen molar-refractivity contribution >= 4 is 30.6 Å². The standard InChI is InChI=1S/C32H40N4O8P4/c1-25-9-17-29(18-10-25)41-45(37-5)33-46(38-6,42-30-19-11-26(2)12-20-30)35-48(40-8,44-32-23-15-28(4)16-24-32)36-47(34-45,39-7)43-31-21-13-27(3)14-22-31/h9-24H,1-8H3. The van der Waals surface area contributed by atoms with E-state index in [2.05, 4.69) is 0 Å². The molecule has 0 amide bonds. The summed E-state index contributed by atoms with van der Waals surface area (Å²) in [4.78, 5) is 0. The number of benzene rings is 4. The first-order valence-corrected chi connectivity index (χ1v) is 20.9. The lowest BCUT2D eigenvalue weighted by Crippen LogP contribution is -2.05. The summed E-state index contributed by atoms with van der Waals surface area (Å²) in [5.74, 6) is 1.73. The second kappa shape index (κ2) is 15.2. The van der Waals surface area contributed by atoms with Crippen molar-refractivity contribution in [1.82, 2.24) is 0 Å². The van der Waals surface area contributed by atoms with E-state index < -0.39 is 30.6 Å². The van der Waals surface area contributed by atoms with Crippen molar-refractivity contribution in [3.05, 3.63) is 119 Å². The lowest BCUT2D eigenvalue weighted by atomic mass is 10.2. The van der Waals surface area contributed by atoms with Crippen LogP contribution in [0.2, 0.25) is 0 Å². The third-order valence-corrected chi connectivity index (χ3v) is 17.8. The Morgan fingerprint density at radius 3 is 0.625 bits per heavy atom. The first-order valence-electron chi connectivity index (χ1n) is 14.8. The number of hydrogen-bond acceptors (Lipinski definition) is 12. The smallest absolute Gasteiger partial charge is 0.404 e. The fraction of sp³-hybridized carbons (Fsp3) is 0.250. The number of aryl methyl sites for hydroxylation is 4. The van der Waals surface area contributed by atoms with Crippen LogP contribution in [0, 0.1) is 27.7 Å². The molecular weight excluding hydrogens is 692 g/mol. The highest BCUT2D eigenvalue weighted by atomic mass is 31.3. The van der Waals surface area contributed by atoms with Crippen molar-refractivity contribution in [2.75, 3.05) is 28.4 Å². The average Bonchev–Trinajstić information content (AvgIpc) is 3.08. The van der Waals surface area contributed by atoms with E-state index in [0.29, 0.717) is 23.0 Å². The molecule has 256 valence electrons. The summed E-state index contributed by atoms with van der Waals surface area (Å²) >= 11 is 0. The third kappa shape index (κ3) is 8.70. The van der Waals surface area contributed by atoms with Gasteiger partial charge in [-0.1, -0.05) is 70.8 Å². The van der Waals surface area contributed by atoms with E-state index in [1.165, 1.54) is 28.4 Å². The van der Waals surface area contributed by atoms with Gasteiger partial charge in [-0.2, -0.15) is 0 Å². The van der Waals surface area contributed by atoms with Crippen molar-refractivity contribution in [2.45, 2.75) is 27.7 Å². The topological polar surface area (TPSA) is 123 Å². The number of hydrogen-bond donors (Lipinski definition) is 0. The molecule has 12 nitrogen and oxygen atoms in total. The Balaban J connectivity index is 1.86. The van der Waals surface area contributed by atoms with Crippen LogP contribution in [0.1, 0.15) is 22.3 Å². The lowest BCUT2D eigenvalue weighted by Gasteiger charge is -2.31. The molecule has 48 heavy (non-hydrogen) atoms. The van der Waals surface area contributed by atoms with E-state index in [4.69, 9.17) is 54.3 Å². The van der Waals surface area contributed by atoms with Gasteiger partial charge in [-0.3, -0.25) is 0 Å². The summed E-state index contributed by atoms with van der Waals surface area (Å²) in [6.45, 7) is 7.90. The third-order valence-electron chi connectivity index (χ3n) is 6.84. The molecule has 1 aliphatic rings. The van der Waals surface area contributed by atoms with Crippen LogP contribution in [-0.2, 0) is 18.1 Å². The number of nitrogens with zero attached hydrogens (tertiary/aromatic N) is 4. The van der Waals surface area contributed by atoms with Gasteiger partial charge < -0.3 is 36.2 Å². The Labute approximate surface area is 282 Å². The Morgan fingerprint density at radius 1 is 0.312 bits per heavy atom. The van der Waals surface area contributed by atoms with Gasteiger partial charge in [0.25, 0.3) is 0 Å². The van der Waals surface area contributed by atoms with E-state index in [-0.39, 0.29) is 0 Å². The molecular formula is C32H40N4O8P4. The van der Waals surface area contributed by atoms with Gasteiger partial charge in [0.2, 0.25) is 0 Å². The highest BCUT2D eigenvalue weighted by Crippen LogP contribution is 2.79. The Bertz CT molecular complexity index is 1640. The first-order chi connectivity index (χ1) is 23.0. The zero-order valence-electron chi connectivity index (χ0n) is 28.1. The highest BCUT2D eigenvalue weighted by molar-refractivity contribution is 7.78. The van der Waals surface area contributed by atoms with Crippen molar-refractivity contribution in [1.29, 1.82) is 0 Å². The molecule has 4 aromatic carbocycles. The number of rotatable bonds is 12. The van der Waals surface area contributed by atoms with Crippen LogP contribution in [0.25, 0.3) is 0 Å². The van der Waals surface area contributed by atoms with Gasteiger partial charge >= 0.3 is 30.6 Å². The molecule has 0 aromatic heterocycles. The zero-order chi connectivity index (χ0) is 34.4. The molecule has 1 aliphatic heterocycles. The van der Waals surface area contributed by atoms with Gasteiger partial charge in [-0.05, 0) is 76.2 Å². The van der Waals surface area contributed by atoms with Crippen molar-refractivity contribution < 1.29 is 36.2 Å². The molecule has 0 bridgehead atoms. The first kappa shape index (κ1) is 36.1. The van der Waals surface area contributed by atoms with Crippen molar-refractivity contribution in [3.8, 4) is 23.0 Å². The molecule has 0 aliphatic carbocycles. The van der Waals surface area contributed by atoms with Crippen LogP contribution in [0.3, 0.4) is 0 Å². The average molecular weight is 733 g/mol. The van der Waals surface area contributed by atoms with Crippen LogP contribution < -0.4 is 18.1 Å². The fourth-order valence-electron chi connectivity index (χ4n) is 4.18. The maximum absolute atomic E-state index is 6.55. The van der Waals surface area contributed by atoms with Crippen LogP contribution in [0.4, 0.5) is 0 Å². The molecule has 16 heteroatoms. The minimum Gasteiger partial charge on any atom is -0.422 e. The normalized spacial score (nSPS) is 25.2. The summed E-state index contributed by atoms with van der Waals surface area (Å²) in [6.07, 6.45) is 0. The van der Waals surface area contributed by atoms with E-state index in [9.17, 15) is 0 Å². The molecule has 0 atom stereocenters. The molecule has 1 heterocycles. The molecule has 0 saturated carbocycles. The monoisotopic (exact) mass is 732 g/mol. The quantitative estimate of drug-likeness (QED) is 0.132. The maximum Gasteiger partial charge on any atom is 0.404 e. The van der Waals surface area contributed by atoms with Gasteiger partial charge in [0.05, 0.1) is 0 Å². The summed E-state index contributed by atoms with van der Waals surface area (Å²) in [5, 5.41) is 0. The van der Waals surface area contributed by atoms with Gasteiger partial charge in [0.1, 0.15) is 23.0 Å². The summed E-state index contributed by atoms with van der Waals surface area (Å²) in [5.41, 5.74) is 4.15. The zero-order valence-corrected chi connectivity index (χ0v) is 31.7. The van der Waals surface area contributed by atoms with Crippen molar-refractivity contribution in [3.63, 3.8) is 0 Å². The SMILES string of the molecule is COP1(Oc2ccc(C)cc2)=NP(OC)(Oc2ccc(C)cc2)=NP(OC)(Oc2ccc(C)cc2)=NP(OC)(Oc2ccc(C)cc2)=N1. The van der Waals surface area contributed by atoms with E-state index in [1.807, 2.05) is 76.2 Å². The van der Waals surface area contributed by atoms with E-state index in [0.717, 1.165) is 22.3 Å². The lowest BCUT2D eigenvalue weighted by molar-refractivity contribution is 0.355. The summed E-state index contributed by atoms with van der Waals surface area (Å²) < 4.78 is 70.8. The minimum atomic E-state index is -3.84. The molecule has 4 aromatic rings. The Kier molecular flexibility index (Phi) is 11.4. The van der Waals surface area contributed by atoms with Gasteiger partial charge in [-0.25, -0.2) is 0 Å². The molecule has 0 fully saturated rings. The largest absolute Gasteiger partial charge is 0.422 e.